The van der Waals surface area contributed by atoms with E-state index in [4.69, 9.17) is 4.98 Å². The van der Waals surface area contributed by atoms with Crippen LogP contribution in [0.4, 0.5) is 0 Å². The van der Waals surface area contributed by atoms with Crippen molar-refractivity contribution in [3.05, 3.63) is 96.2 Å². The van der Waals surface area contributed by atoms with E-state index in [1.807, 2.05) is 66.9 Å². The Morgan fingerprint density at radius 2 is 1.81 bits per heavy atom. The van der Waals surface area contributed by atoms with Gasteiger partial charge in [0.1, 0.15) is 0 Å². The summed E-state index contributed by atoms with van der Waals surface area (Å²) in [5.41, 5.74) is 7.74. The molecular weight excluding hydrogens is 418 g/mol. The summed E-state index contributed by atoms with van der Waals surface area (Å²) in [5, 5.41) is 6.00. The Hall–Kier alpha value is -3.84. The Morgan fingerprint density at radius 1 is 1.03 bits per heavy atom. The van der Waals surface area contributed by atoms with Crippen molar-refractivity contribution < 1.29 is 4.79 Å². The zero-order valence-electron chi connectivity index (χ0n) is 17.2. The summed E-state index contributed by atoms with van der Waals surface area (Å²) in [6.45, 7) is 0.698. The fraction of sp³-hybridized carbons (Fsp3) is 0.0800. The lowest BCUT2D eigenvalue weighted by atomic mass is 10.2. The van der Waals surface area contributed by atoms with Gasteiger partial charge < -0.3 is 9.55 Å². The number of rotatable bonds is 7. The molecule has 0 atom stereocenters. The van der Waals surface area contributed by atoms with Crippen molar-refractivity contribution in [1.29, 1.82) is 0 Å². The Labute approximate surface area is 189 Å². The molecule has 5 aromatic rings. The quantitative estimate of drug-likeness (QED) is 0.217. The molecule has 0 aliphatic carbocycles. The SMILES string of the molecule is O=C(CSc1nc2ccccc2n1Cc1ccccc1)N/N=C/c1c[nH]c2ccccc12. The van der Waals surface area contributed by atoms with E-state index in [0.717, 1.165) is 32.7 Å². The normalized spacial score (nSPS) is 11.5. The molecule has 1 amide bonds. The molecule has 0 aliphatic heterocycles. The van der Waals surface area contributed by atoms with Crippen molar-refractivity contribution in [3.8, 4) is 0 Å². The molecule has 0 unspecified atom stereocenters. The van der Waals surface area contributed by atoms with E-state index in [-0.39, 0.29) is 11.7 Å². The number of hydrazone groups is 1. The van der Waals surface area contributed by atoms with Gasteiger partial charge in [-0.25, -0.2) is 10.4 Å². The van der Waals surface area contributed by atoms with E-state index in [1.165, 1.54) is 17.3 Å². The van der Waals surface area contributed by atoms with Crippen LogP contribution in [0.15, 0.2) is 95.3 Å². The topological polar surface area (TPSA) is 75.1 Å². The summed E-state index contributed by atoms with van der Waals surface area (Å²) in [6.07, 6.45) is 3.53. The van der Waals surface area contributed by atoms with Crippen LogP contribution in [0.25, 0.3) is 21.9 Å². The van der Waals surface area contributed by atoms with Crippen LogP contribution in [0.2, 0.25) is 0 Å². The van der Waals surface area contributed by atoms with Crippen molar-refractivity contribution in [3.63, 3.8) is 0 Å². The van der Waals surface area contributed by atoms with E-state index in [0.29, 0.717) is 6.54 Å². The van der Waals surface area contributed by atoms with Crippen LogP contribution < -0.4 is 5.43 Å². The van der Waals surface area contributed by atoms with E-state index in [1.54, 1.807) is 6.21 Å². The first-order valence-corrected chi connectivity index (χ1v) is 11.3. The maximum Gasteiger partial charge on any atom is 0.250 e. The molecule has 2 aromatic heterocycles. The molecule has 32 heavy (non-hydrogen) atoms. The number of hydrogen-bond donors (Lipinski definition) is 2. The number of nitrogens with one attached hydrogen (secondary N) is 2. The van der Waals surface area contributed by atoms with Crippen LogP contribution in [-0.4, -0.2) is 32.4 Å². The zero-order chi connectivity index (χ0) is 21.8. The molecule has 0 bridgehead atoms. The van der Waals surface area contributed by atoms with Gasteiger partial charge in [0.05, 0.1) is 29.5 Å². The molecule has 158 valence electrons. The predicted octanol–water partition coefficient (Wildman–Crippen LogP) is 4.81. The lowest BCUT2D eigenvalue weighted by Gasteiger charge is -2.09. The summed E-state index contributed by atoms with van der Waals surface area (Å²) in [5.74, 6) is 0.0491. The number of carbonyl (C=O) groups excluding carboxylic acids is 1. The molecule has 6 nitrogen and oxygen atoms in total. The molecule has 0 spiro atoms. The number of aromatic amines is 1. The predicted molar refractivity (Wildman–Crippen MR) is 130 cm³/mol. The van der Waals surface area contributed by atoms with Crippen LogP contribution in [0.5, 0.6) is 0 Å². The average molecular weight is 440 g/mol. The first kappa shape index (κ1) is 20.1. The number of amides is 1. The van der Waals surface area contributed by atoms with Crippen molar-refractivity contribution in [2.45, 2.75) is 11.7 Å². The number of carbonyl (C=O) groups is 1. The van der Waals surface area contributed by atoms with Crippen LogP contribution in [-0.2, 0) is 11.3 Å². The zero-order valence-corrected chi connectivity index (χ0v) is 18.0. The van der Waals surface area contributed by atoms with E-state index >= 15 is 0 Å². The van der Waals surface area contributed by atoms with Gasteiger partial charge in [0.25, 0.3) is 5.91 Å². The number of thioether (sulfide) groups is 1. The molecule has 5 rings (SSSR count). The van der Waals surface area contributed by atoms with Gasteiger partial charge in [0.2, 0.25) is 0 Å². The standard InChI is InChI=1S/C25H21N5OS/c31-24(29-27-15-19-14-26-21-11-5-4-10-20(19)21)17-32-25-28-22-12-6-7-13-23(22)30(25)16-18-8-2-1-3-9-18/h1-15,26H,16-17H2,(H,29,31)/b27-15+. The highest BCUT2D eigenvalue weighted by Crippen LogP contribution is 2.25. The largest absolute Gasteiger partial charge is 0.361 e. The first-order valence-electron chi connectivity index (χ1n) is 10.3. The van der Waals surface area contributed by atoms with Crippen molar-refractivity contribution >= 4 is 45.8 Å². The molecule has 0 saturated carbocycles. The second kappa shape index (κ2) is 9.11. The molecule has 2 heterocycles. The van der Waals surface area contributed by atoms with Crippen LogP contribution in [0, 0.1) is 0 Å². The van der Waals surface area contributed by atoms with Crippen LogP contribution in [0.1, 0.15) is 11.1 Å². The lowest BCUT2D eigenvalue weighted by Crippen LogP contribution is -2.20. The summed E-state index contributed by atoms with van der Waals surface area (Å²) >= 11 is 1.41. The number of benzene rings is 3. The minimum atomic E-state index is -0.176. The van der Waals surface area contributed by atoms with Crippen molar-refractivity contribution in [2.75, 3.05) is 5.75 Å². The number of H-pyrrole nitrogens is 1. The molecule has 3 aromatic carbocycles. The second-order valence-corrected chi connectivity index (χ2v) is 8.27. The number of fused-ring (bicyclic) bond motifs is 2. The molecular formula is C25H21N5OS. The maximum absolute atomic E-state index is 12.4. The maximum atomic E-state index is 12.4. The number of aromatic nitrogens is 3. The minimum Gasteiger partial charge on any atom is -0.361 e. The van der Waals surface area contributed by atoms with Gasteiger partial charge in [-0.2, -0.15) is 5.10 Å². The van der Waals surface area contributed by atoms with Gasteiger partial charge in [-0.15, -0.1) is 0 Å². The van der Waals surface area contributed by atoms with Crippen molar-refractivity contribution in [2.24, 2.45) is 5.10 Å². The number of nitrogens with zero attached hydrogens (tertiary/aromatic N) is 3. The number of para-hydroxylation sites is 3. The first-order chi connectivity index (χ1) is 15.8. The Morgan fingerprint density at radius 3 is 2.72 bits per heavy atom. The molecule has 0 aliphatic rings. The number of hydrogen-bond acceptors (Lipinski definition) is 4. The smallest absolute Gasteiger partial charge is 0.250 e. The highest BCUT2D eigenvalue weighted by molar-refractivity contribution is 7.99. The van der Waals surface area contributed by atoms with Crippen molar-refractivity contribution in [1.82, 2.24) is 20.0 Å². The third-order valence-corrected chi connectivity index (χ3v) is 6.13. The number of imidazole rings is 1. The molecule has 0 saturated heterocycles. The van der Waals surface area contributed by atoms with Gasteiger partial charge in [-0.05, 0) is 23.8 Å². The Balaban J connectivity index is 1.27. The monoisotopic (exact) mass is 439 g/mol. The molecule has 2 N–H and O–H groups in total. The van der Waals surface area contributed by atoms with E-state index in [2.05, 4.69) is 38.3 Å². The third-order valence-electron chi connectivity index (χ3n) is 5.15. The van der Waals surface area contributed by atoms with Gasteiger partial charge in [-0.3, -0.25) is 4.79 Å². The van der Waals surface area contributed by atoms with Gasteiger partial charge in [0, 0.05) is 22.7 Å². The Kier molecular flexibility index (Phi) is 5.72. The second-order valence-electron chi connectivity index (χ2n) is 7.33. The van der Waals surface area contributed by atoms with Crippen LogP contribution in [0.3, 0.4) is 0 Å². The molecule has 0 radical (unpaired) electrons. The van der Waals surface area contributed by atoms with Gasteiger partial charge >= 0.3 is 0 Å². The fourth-order valence-electron chi connectivity index (χ4n) is 3.62. The highest BCUT2D eigenvalue weighted by Gasteiger charge is 2.13. The summed E-state index contributed by atoms with van der Waals surface area (Å²) < 4.78 is 2.15. The molecule has 7 heteroatoms. The summed E-state index contributed by atoms with van der Waals surface area (Å²) in [7, 11) is 0. The van der Waals surface area contributed by atoms with Crippen LogP contribution >= 0.6 is 11.8 Å². The van der Waals surface area contributed by atoms with Gasteiger partial charge in [0.15, 0.2) is 5.16 Å². The summed E-state index contributed by atoms with van der Waals surface area (Å²) in [6, 6.07) is 26.2. The highest BCUT2D eigenvalue weighted by atomic mass is 32.2. The molecule has 0 fully saturated rings. The van der Waals surface area contributed by atoms with E-state index in [9.17, 15) is 4.79 Å². The fourth-order valence-corrected chi connectivity index (χ4v) is 4.43. The van der Waals surface area contributed by atoms with Gasteiger partial charge in [-0.1, -0.05) is 72.4 Å². The van der Waals surface area contributed by atoms with E-state index < -0.39 is 0 Å². The third kappa shape index (κ3) is 4.29. The lowest BCUT2D eigenvalue weighted by molar-refractivity contribution is -0.118. The average Bonchev–Trinajstić information content (AvgIpc) is 3.40. The minimum absolute atomic E-state index is 0.176. The Bertz CT molecular complexity index is 1400. The summed E-state index contributed by atoms with van der Waals surface area (Å²) in [4.78, 5) is 20.3.